The van der Waals surface area contributed by atoms with Crippen LogP contribution >= 0.6 is 23.2 Å². The van der Waals surface area contributed by atoms with E-state index in [-0.39, 0.29) is 23.9 Å². The van der Waals surface area contributed by atoms with Crippen molar-refractivity contribution in [2.75, 3.05) is 41.4 Å². The summed E-state index contributed by atoms with van der Waals surface area (Å²) >= 11 is 14.2. The number of benzene rings is 2. The molecular formula is C38H42Cl2N6O4. The number of hydrogen-bond acceptors (Lipinski definition) is 8. The minimum atomic E-state index is 0.109. The van der Waals surface area contributed by atoms with Crippen LogP contribution < -0.4 is 20.1 Å². The Balaban J connectivity index is 1.22. The Labute approximate surface area is 303 Å². The van der Waals surface area contributed by atoms with E-state index in [2.05, 4.69) is 25.4 Å². The van der Waals surface area contributed by atoms with E-state index >= 15 is 0 Å². The third-order valence-electron chi connectivity index (χ3n) is 9.26. The van der Waals surface area contributed by atoms with Gasteiger partial charge in [-0.1, -0.05) is 59.6 Å². The Hall–Kier alpha value is -4.22. The number of nitrogens with one attached hydrogen (secondary N) is 2. The summed E-state index contributed by atoms with van der Waals surface area (Å²) in [4.78, 5) is 37.1. The number of ether oxygens (including phenoxy) is 2. The topological polar surface area (TPSA) is 109 Å². The van der Waals surface area contributed by atoms with Crippen LogP contribution in [-0.4, -0.2) is 85.1 Å². The second-order valence-electron chi connectivity index (χ2n) is 13.1. The minimum Gasteiger partial charge on any atom is -0.496 e. The highest BCUT2D eigenvalue weighted by molar-refractivity contribution is 6.39. The van der Waals surface area contributed by atoms with Gasteiger partial charge in [0.05, 0.1) is 35.7 Å². The molecule has 12 heteroatoms. The molecule has 10 nitrogen and oxygen atoms in total. The molecule has 6 rings (SSSR count). The Bertz CT molecular complexity index is 1750. The van der Waals surface area contributed by atoms with E-state index in [1.807, 2.05) is 68.7 Å². The molecule has 2 aromatic carbocycles. The van der Waals surface area contributed by atoms with Gasteiger partial charge in [-0.05, 0) is 45.1 Å². The lowest BCUT2D eigenvalue weighted by atomic mass is 9.99. The van der Waals surface area contributed by atoms with E-state index in [4.69, 9.17) is 37.7 Å². The highest BCUT2D eigenvalue weighted by Crippen LogP contribution is 2.42. The highest BCUT2D eigenvalue weighted by Gasteiger charge is 2.24. The van der Waals surface area contributed by atoms with Gasteiger partial charge in [0.2, 0.25) is 17.7 Å². The molecule has 4 heterocycles. The van der Waals surface area contributed by atoms with Gasteiger partial charge in [-0.25, -0.2) is 4.98 Å². The van der Waals surface area contributed by atoms with Crippen LogP contribution in [0.25, 0.3) is 33.6 Å². The van der Waals surface area contributed by atoms with E-state index in [1.165, 1.54) is 0 Å². The molecule has 2 N–H and O–H groups in total. The molecule has 0 unspecified atom stereocenters. The summed E-state index contributed by atoms with van der Waals surface area (Å²) in [6, 6.07) is 17.9. The fraction of sp³-hybridized carbons (Fsp3) is 0.368. The molecule has 2 atom stereocenters. The van der Waals surface area contributed by atoms with Gasteiger partial charge in [0.25, 0.3) is 0 Å². The molecule has 0 spiro atoms. The third kappa shape index (κ3) is 8.05. The molecule has 2 aliphatic rings. The maximum Gasteiger partial charge on any atom is 0.220 e. The first-order chi connectivity index (χ1) is 24.1. The summed E-state index contributed by atoms with van der Waals surface area (Å²) in [6.45, 7) is 2.79. The van der Waals surface area contributed by atoms with Crippen molar-refractivity contribution in [3.05, 3.63) is 82.0 Å². The number of carbonyl (C=O) groups is 2. The van der Waals surface area contributed by atoms with Crippen molar-refractivity contribution in [2.45, 2.75) is 50.9 Å². The number of halogens is 2. The van der Waals surface area contributed by atoms with Crippen LogP contribution in [-0.2, 0) is 22.7 Å². The van der Waals surface area contributed by atoms with Crippen molar-refractivity contribution < 1.29 is 19.1 Å². The number of aromatic nitrogens is 2. The van der Waals surface area contributed by atoms with Gasteiger partial charge in [-0.2, -0.15) is 0 Å². The lowest BCUT2D eigenvalue weighted by Crippen LogP contribution is -2.36. The van der Waals surface area contributed by atoms with Crippen molar-refractivity contribution in [3.8, 4) is 45.3 Å². The lowest BCUT2D eigenvalue weighted by Gasteiger charge is -2.22. The molecule has 2 aliphatic heterocycles. The van der Waals surface area contributed by atoms with Crippen molar-refractivity contribution in [1.82, 2.24) is 30.4 Å². The standard InChI is InChI=1S/C38H42Cl2N6O4/c1-45(21-26-11-14-33(47)42-26)19-24-9-8-23(18-32(24)49-3)37-36(40)29(16-17-41-37)28-6-5-7-30(35(28)39)31-13-10-25(38(44-31)50-4)20-46(2)22-27-12-15-34(48)43-27/h5-10,13,16-18,26-27H,11-12,14-15,19-22H2,1-4H3,(H,42,47)(H,43,48)/t26-,27-/m1/s1. The van der Waals surface area contributed by atoms with Gasteiger partial charge in [0, 0.05) is 90.7 Å². The van der Waals surface area contributed by atoms with Crippen molar-refractivity contribution >= 4 is 35.0 Å². The van der Waals surface area contributed by atoms with Gasteiger partial charge in [0.15, 0.2) is 0 Å². The van der Waals surface area contributed by atoms with Gasteiger partial charge >= 0.3 is 0 Å². The smallest absolute Gasteiger partial charge is 0.220 e. The maximum atomic E-state index is 11.6. The van der Waals surface area contributed by atoms with Gasteiger partial charge in [0.1, 0.15) is 5.75 Å². The first-order valence-electron chi connectivity index (χ1n) is 16.7. The Morgan fingerprint density at radius 1 is 0.780 bits per heavy atom. The number of hydrogen-bond donors (Lipinski definition) is 2. The zero-order chi connectivity index (χ0) is 35.4. The number of methoxy groups -OCH3 is 2. The van der Waals surface area contributed by atoms with Gasteiger partial charge < -0.3 is 20.1 Å². The molecule has 0 saturated carbocycles. The van der Waals surface area contributed by atoms with E-state index in [9.17, 15) is 9.59 Å². The SMILES string of the molecule is COc1cc(-c2nccc(-c3cccc(-c4ccc(CN(C)C[C@H]5CCC(=O)N5)c(OC)n4)c3Cl)c2Cl)ccc1CN(C)C[C@H]1CCC(=O)N1. The van der Waals surface area contributed by atoms with Crippen LogP contribution in [0, 0.1) is 0 Å². The zero-order valence-corrected chi connectivity index (χ0v) is 30.3. The largest absolute Gasteiger partial charge is 0.496 e. The average Bonchev–Trinajstić information content (AvgIpc) is 3.71. The van der Waals surface area contributed by atoms with Crippen LogP contribution in [0.15, 0.2) is 60.8 Å². The van der Waals surface area contributed by atoms with Gasteiger partial charge in [-0.3, -0.25) is 24.4 Å². The Morgan fingerprint density at radius 3 is 2.02 bits per heavy atom. The molecule has 0 bridgehead atoms. The number of carbonyl (C=O) groups excluding carboxylic acids is 2. The second-order valence-corrected chi connectivity index (χ2v) is 13.8. The Morgan fingerprint density at radius 2 is 1.40 bits per heavy atom. The number of amides is 2. The number of pyridine rings is 2. The normalized spacial score (nSPS) is 17.4. The van der Waals surface area contributed by atoms with Crippen molar-refractivity contribution in [1.29, 1.82) is 0 Å². The molecular weight excluding hydrogens is 675 g/mol. The number of nitrogens with zero attached hydrogens (tertiary/aromatic N) is 4. The fourth-order valence-electron chi connectivity index (χ4n) is 6.82. The Kier molecular flexibility index (Phi) is 11.2. The molecule has 0 radical (unpaired) electrons. The second kappa shape index (κ2) is 15.8. The summed E-state index contributed by atoms with van der Waals surface area (Å²) in [7, 11) is 7.33. The van der Waals surface area contributed by atoms with Crippen molar-refractivity contribution in [3.63, 3.8) is 0 Å². The van der Waals surface area contributed by atoms with E-state index in [0.717, 1.165) is 65.1 Å². The molecule has 2 amide bonds. The third-order valence-corrected chi connectivity index (χ3v) is 10.1. The minimum absolute atomic E-state index is 0.109. The predicted octanol–water partition coefficient (Wildman–Crippen LogP) is 6.22. The van der Waals surface area contributed by atoms with Crippen LogP contribution in [0.5, 0.6) is 11.6 Å². The van der Waals surface area contributed by atoms with Crippen LogP contribution in [0.3, 0.4) is 0 Å². The molecule has 2 saturated heterocycles. The summed E-state index contributed by atoms with van der Waals surface area (Å²) in [5.41, 5.74) is 6.31. The molecule has 0 aliphatic carbocycles. The molecule has 2 fully saturated rings. The molecule has 50 heavy (non-hydrogen) atoms. The van der Waals surface area contributed by atoms with Crippen LogP contribution in [0.4, 0.5) is 0 Å². The summed E-state index contributed by atoms with van der Waals surface area (Å²) in [6.07, 6.45) is 4.59. The van der Waals surface area contributed by atoms with Crippen LogP contribution in [0.2, 0.25) is 10.0 Å². The summed E-state index contributed by atoms with van der Waals surface area (Å²) in [5, 5.41) is 7.04. The maximum absolute atomic E-state index is 11.6. The zero-order valence-electron chi connectivity index (χ0n) is 28.8. The monoisotopic (exact) mass is 716 g/mol. The fourth-order valence-corrected chi connectivity index (χ4v) is 7.47. The lowest BCUT2D eigenvalue weighted by molar-refractivity contribution is -0.120. The molecule has 2 aromatic heterocycles. The predicted molar refractivity (Wildman–Crippen MR) is 196 cm³/mol. The van der Waals surface area contributed by atoms with Crippen LogP contribution in [0.1, 0.15) is 36.8 Å². The number of rotatable bonds is 13. The molecule has 262 valence electrons. The average molecular weight is 718 g/mol. The first-order valence-corrected chi connectivity index (χ1v) is 17.5. The number of likely N-dealkylation sites (N-methyl/N-ethyl adjacent to an activating group) is 2. The van der Waals surface area contributed by atoms with Crippen molar-refractivity contribution in [2.24, 2.45) is 0 Å². The van der Waals surface area contributed by atoms with E-state index in [1.54, 1.807) is 20.4 Å². The van der Waals surface area contributed by atoms with Gasteiger partial charge in [-0.15, -0.1) is 0 Å². The highest BCUT2D eigenvalue weighted by atomic mass is 35.5. The quantitative estimate of drug-likeness (QED) is 0.168. The summed E-state index contributed by atoms with van der Waals surface area (Å²) in [5.74, 6) is 1.47. The van der Waals surface area contributed by atoms with E-state index in [0.29, 0.717) is 53.2 Å². The first kappa shape index (κ1) is 35.6. The molecule has 4 aromatic rings. The van der Waals surface area contributed by atoms with E-state index < -0.39 is 0 Å². The summed E-state index contributed by atoms with van der Waals surface area (Å²) < 4.78 is 11.5.